The zero-order valence-electron chi connectivity index (χ0n) is 5.88. The SMILES string of the molecule is [N-]=[N+]=Nc1nccnc1C(N)=O. The molecule has 1 amide bonds. The number of hydrogen-bond acceptors (Lipinski definition) is 4. The van der Waals surface area contributed by atoms with Crippen molar-refractivity contribution in [2.45, 2.75) is 0 Å². The summed E-state index contributed by atoms with van der Waals surface area (Å²) in [5.41, 5.74) is 12.9. The van der Waals surface area contributed by atoms with Gasteiger partial charge in [0, 0.05) is 17.3 Å². The third-order valence-corrected chi connectivity index (χ3v) is 1.05. The molecule has 0 radical (unpaired) electrons. The Morgan fingerprint density at radius 2 is 2.25 bits per heavy atom. The van der Waals surface area contributed by atoms with Gasteiger partial charge in [-0.3, -0.25) is 9.78 Å². The Hall–Kier alpha value is -2.14. The first-order valence-corrected chi connectivity index (χ1v) is 2.91. The number of nitrogens with zero attached hydrogens (tertiary/aromatic N) is 5. The van der Waals surface area contributed by atoms with E-state index in [1.165, 1.54) is 12.4 Å². The predicted molar refractivity (Wildman–Crippen MR) is 39.4 cm³/mol. The Morgan fingerprint density at radius 3 is 2.83 bits per heavy atom. The Morgan fingerprint density at radius 1 is 1.58 bits per heavy atom. The second kappa shape index (κ2) is 3.31. The molecule has 0 unspecified atom stereocenters. The zero-order valence-corrected chi connectivity index (χ0v) is 5.88. The van der Waals surface area contributed by atoms with E-state index in [1.807, 2.05) is 0 Å². The molecule has 0 saturated carbocycles. The van der Waals surface area contributed by atoms with Crippen molar-refractivity contribution in [2.75, 3.05) is 0 Å². The number of carbonyl (C=O) groups is 1. The monoisotopic (exact) mass is 164 g/mol. The van der Waals surface area contributed by atoms with Crippen LogP contribution in [0.15, 0.2) is 17.5 Å². The summed E-state index contributed by atoms with van der Waals surface area (Å²) < 4.78 is 0. The minimum Gasteiger partial charge on any atom is -0.364 e. The van der Waals surface area contributed by atoms with Crippen molar-refractivity contribution in [1.82, 2.24) is 9.97 Å². The van der Waals surface area contributed by atoms with Crippen LogP contribution in [0.4, 0.5) is 5.82 Å². The number of primary amides is 1. The second-order valence-corrected chi connectivity index (χ2v) is 1.78. The molecular weight excluding hydrogens is 160 g/mol. The van der Waals surface area contributed by atoms with E-state index < -0.39 is 5.91 Å². The second-order valence-electron chi connectivity index (χ2n) is 1.78. The van der Waals surface area contributed by atoms with Gasteiger partial charge in [0.1, 0.15) is 0 Å². The molecule has 1 aromatic rings. The van der Waals surface area contributed by atoms with Crippen LogP contribution in [0.5, 0.6) is 0 Å². The van der Waals surface area contributed by atoms with Crippen LogP contribution in [0.1, 0.15) is 10.5 Å². The first kappa shape index (κ1) is 7.96. The van der Waals surface area contributed by atoms with E-state index in [0.717, 1.165) is 0 Å². The van der Waals surface area contributed by atoms with Crippen LogP contribution >= 0.6 is 0 Å². The molecule has 60 valence electrons. The third-order valence-electron chi connectivity index (χ3n) is 1.05. The van der Waals surface area contributed by atoms with Crippen LogP contribution < -0.4 is 5.73 Å². The summed E-state index contributed by atoms with van der Waals surface area (Å²) in [4.78, 5) is 20.3. The van der Waals surface area contributed by atoms with Crippen LogP contribution in [0, 0.1) is 0 Å². The molecule has 12 heavy (non-hydrogen) atoms. The molecule has 0 aliphatic carbocycles. The lowest BCUT2D eigenvalue weighted by Gasteiger charge is -1.95. The van der Waals surface area contributed by atoms with Crippen LogP contribution in [-0.2, 0) is 0 Å². The van der Waals surface area contributed by atoms with Crippen LogP contribution in [0.3, 0.4) is 0 Å². The fourth-order valence-corrected chi connectivity index (χ4v) is 0.620. The molecule has 1 heterocycles. The maximum absolute atomic E-state index is 10.6. The maximum Gasteiger partial charge on any atom is 0.269 e. The lowest BCUT2D eigenvalue weighted by Crippen LogP contribution is -2.13. The first-order chi connectivity index (χ1) is 5.75. The van der Waals surface area contributed by atoms with Crippen molar-refractivity contribution in [2.24, 2.45) is 10.8 Å². The molecule has 7 heteroatoms. The van der Waals surface area contributed by atoms with Crippen molar-refractivity contribution in [3.63, 3.8) is 0 Å². The van der Waals surface area contributed by atoms with Gasteiger partial charge in [0.2, 0.25) is 0 Å². The average molecular weight is 164 g/mol. The third kappa shape index (κ3) is 1.47. The molecule has 0 aliphatic rings. The van der Waals surface area contributed by atoms with Crippen molar-refractivity contribution in [3.05, 3.63) is 28.5 Å². The first-order valence-electron chi connectivity index (χ1n) is 2.91. The molecule has 1 aromatic heterocycles. The van der Waals surface area contributed by atoms with Crippen molar-refractivity contribution >= 4 is 11.7 Å². The summed E-state index contributed by atoms with van der Waals surface area (Å²) in [5, 5.41) is 3.13. The number of hydrogen-bond donors (Lipinski definition) is 1. The largest absolute Gasteiger partial charge is 0.364 e. The highest BCUT2D eigenvalue weighted by Crippen LogP contribution is 2.10. The summed E-state index contributed by atoms with van der Waals surface area (Å²) in [6.07, 6.45) is 2.59. The van der Waals surface area contributed by atoms with Crippen LogP contribution in [0.25, 0.3) is 10.4 Å². The number of aromatic nitrogens is 2. The maximum atomic E-state index is 10.6. The summed E-state index contributed by atoms with van der Waals surface area (Å²) in [5.74, 6) is -0.877. The molecule has 0 spiro atoms. The van der Waals surface area contributed by atoms with Crippen molar-refractivity contribution in [3.8, 4) is 0 Å². The van der Waals surface area contributed by atoms with Gasteiger partial charge in [-0.15, -0.1) is 0 Å². The van der Waals surface area contributed by atoms with E-state index in [9.17, 15) is 4.79 Å². The van der Waals surface area contributed by atoms with E-state index >= 15 is 0 Å². The molecule has 0 saturated heterocycles. The lowest BCUT2D eigenvalue weighted by molar-refractivity contribution is 0.0996. The van der Waals surface area contributed by atoms with E-state index in [1.54, 1.807) is 0 Å². The zero-order chi connectivity index (χ0) is 8.97. The summed E-state index contributed by atoms with van der Waals surface area (Å²) in [6, 6.07) is 0. The lowest BCUT2D eigenvalue weighted by atomic mass is 10.4. The Labute approximate surface area is 66.9 Å². The number of azide groups is 1. The van der Waals surface area contributed by atoms with Gasteiger partial charge in [0.05, 0.1) is 0 Å². The number of amides is 1. The fraction of sp³-hybridized carbons (Fsp3) is 0. The minimum atomic E-state index is -0.773. The van der Waals surface area contributed by atoms with Crippen LogP contribution in [0.2, 0.25) is 0 Å². The van der Waals surface area contributed by atoms with E-state index in [-0.39, 0.29) is 11.5 Å². The normalized spacial score (nSPS) is 8.67. The van der Waals surface area contributed by atoms with Gasteiger partial charge in [0.25, 0.3) is 5.91 Å². The predicted octanol–water partition coefficient (Wildman–Crippen LogP) is 0.517. The molecule has 7 nitrogen and oxygen atoms in total. The van der Waals surface area contributed by atoms with Gasteiger partial charge in [-0.1, -0.05) is 0 Å². The van der Waals surface area contributed by atoms with Gasteiger partial charge in [-0.05, 0) is 10.6 Å². The highest BCUT2D eigenvalue weighted by Gasteiger charge is 2.07. The Balaban J connectivity index is 3.26. The highest BCUT2D eigenvalue weighted by atomic mass is 16.1. The molecule has 1 rings (SSSR count). The number of nitrogens with two attached hydrogens (primary N) is 1. The minimum absolute atomic E-state index is 0.104. The standard InChI is InChI=1S/C5H4N6O/c6-4(12)3-5(10-11-7)9-2-1-8-3/h1-2H,(H2,6,12). The van der Waals surface area contributed by atoms with Gasteiger partial charge in [-0.2, -0.15) is 0 Å². The summed E-state index contributed by atoms with van der Waals surface area (Å²) in [7, 11) is 0. The van der Waals surface area contributed by atoms with E-state index in [2.05, 4.69) is 20.0 Å². The van der Waals surface area contributed by atoms with Crippen molar-refractivity contribution in [1.29, 1.82) is 0 Å². The fourth-order valence-electron chi connectivity index (χ4n) is 0.620. The Bertz CT molecular complexity index is 334. The van der Waals surface area contributed by atoms with Gasteiger partial charge in [0.15, 0.2) is 11.5 Å². The molecule has 2 N–H and O–H groups in total. The molecule has 0 bridgehead atoms. The smallest absolute Gasteiger partial charge is 0.269 e. The molecule has 0 fully saturated rings. The van der Waals surface area contributed by atoms with E-state index in [4.69, 9.17) is 11.3 Å². The summed E-state index contributed by atoms with van der Waals surface area (Å²) in [6.45, 7) is 0. The molecule has 0 atom stereocenters. The van der Waals surface area contributed by atoms with Gasteiger partial charge in [-0.25, -0.2) is 4.98 Å². The van der Waals surface area contributed by atoms with Crippen LogP contribution in [-0.4, -0.2) is 15.9 Å². The highest BCUT2D eigenvalue weighted by molar-refractivity contribution is 5.94. The van der Waals surface area contributed by atoms with Crippen molar-refractivity contribution < 1.29 is 4.79 Å². The quantitative estimate of drug-likeness (QED) is 0.389. The molecular formula is C5H4N6O. The van der Waals surface area contributed by atoms with Gasteiger partial charge < -0.3 is 5.73 Å². The number of rotatable bonds is 2. The number of carbonyl (C=O) groups excluding carboxylic acids is 1. The molecule has 0 aromatic carbocycles. The summed E-state index contributed by atoms with van der Waals surface area (Å²) >= 11 is 0. The topological polar surface area (TPSA) is 118 Å². The van der Waals surface area contributed by atoms with E-state index in [0.29, 0.717) is 0 Å². The molecule has 0 aliphatic heterocycles. The average Bonchev–Trinajstić information content (AvgIpc) is 2.05. The Kier molecular flexibility index (Phi) is 2.20. The van der Waals surface area contributed by atoms with Gasteiger partial charge >= 0.3 is 0 Å².